The summed E-state index contributed by atoms with van der Waals surface area (Å²) in [5.41, 5.74) is 1.84. The molecule has 1 saturated carbocycles. The van der Waals surface area contributed by atoms with Crippen LogP contribution in [0, 0.1) is 12.7 Å². The van der Waals surface area contributed by atoms with Crippen LogP contribution < -0.4 is 10.5 Å². The first kappa shape index (κ1) is 25.0. The molecule has 4 heterocycles. The fraction of sp³-hybridized carbons (Fsp3) is 0.429. The molecule has 0 radical (unpaired) electrons. The summed E-state index contributed by atoms with van der Waals surface area (Å²) in [4.78, 5) is 25.9. The highest BCUT2D eigenvalue weighted by atomic mass is 35.5. The summed E-state index contributed by atoms with van der Waals surface area (Å²) in [7, 11) is 1.87. The number of fused-ring (bicyclic) bond motifs is 1. The number of rotatable bonds is 4. The van der Waals surface area contributed by atoms with Crippen LogP contribution >= 0.6 is 11.6 Å². The van der Waals surface area contributed by atoms with Crippen molar-refractivity contribution >= 4 is 28.3 Å². The van der Waals surface area contributed by atoms with Crippen molar-refractivity contribution < 1.29 is 9.13 Å². The molecule has 1 aromatic carbocycles. The van der Waals surface area contributed by atoms with Crippen molar-refractivity contribution in [3.8, 4) is 11.3 Å². The maximum Gasteiger partial charge on any atom is 0.263 e. The number of hydrogen-bond acceptors (Lipinski definition) is 6. The third-order valence-electron chi connectivity index (χ3n) is 7.66. The van der Waals surface area contributed by atoms with E-state index in [9.17, 15) is 4.79 Å². The predicted molar refractivity (Wildman–Crippen MR) is 145 cm³/mol. The molecule has 1 atom stereocenters. The van der Waals surface area contributed by atoms with Crippen LogP contribution in [0.15, 0.2) is 41.5 Å². The molecule has 38 heavy (non-hydrogen) atoms. The molecule has 0 bridgehead atoms. The first-order valence-corrected chi connectivity index (χ1v) is 13.5. The van der Waals surface area contributed by atoms with Gasteiger partial charge in [-0.3, -0.25) is 14.0 Å². The number of anilines is 1. The van der Waals surface area contributed by atoms with Crippen molar-refractivity contribution in [2.24, 2.45) is 7.05 Å². The third-order valence-corrected chi connectivity index (χ3v) is 7.90. The Kier molecular flexibility index (Phi) is 6.65. The molecule has 2 fully saturated rings. The Morgan fingerprint density at radius 1 is 1.13 bits per heavy atom. The second-order valence-corrected chi connectivity index (χ2v) is 10.7. The van der Waals surface area contributed by atoms with Crippen LogP contribution in [0.1, 0.15) is 55.6 Å². The van der Waals surface area contributed by atoms with Crippen molar-refractivity contribution in [3.05, 3.63) is 69.2 Å². The van der Waals surface area contributed by atoms with E-state index in [0.717, 1.165) is 31.2 Å². The Morgan fingerprint density at radius 2 is 1.95 bits per heavy atom. The highest BCUT2D eigenvalue weighted by Gasteiger charge is 2.28. The minimum Gasteiger partial charge on any atom is -0.370 e. The van der Waals surface area contributed by atoms with E-state index in [2.05, 4.69) is 10.00 Å². The van der Waals surface area contributed by atoms with Crippen LogP contribution in [-0.4, -0.2) is 44.0 Å². The second kappa shape index (κ2) is 10.1. The predicted octanol–water partition coefficient (Wildman–Crippen LogP) is 5.38. The van der Waals surface area contributed by atoms with Crippen LogP contribution in [0.25, 0.3) is 22.2 Å². The van der Waals surface area contributed by atoms with Gasteiger partial charge in [-0.2, -0.15) is 5.10 Å². The number of hydrogen-bond donors (Lipinski definition) is 0. The summed E-state index contributed by atoms with van der Waals surface area (Å²) in [6.07, 6.45) is 8.78. The van der Waals surface area contributed by atoms with E-state index in [0.29, 0.717) is 42.2 Å². The molecule has 0 amide bonds. The molecule has 0 N–H and O–H groups in total. The number of halogens is 2. The Morgan fingerprint density at radius 3 is 2.68 bits per heavy atom. The maximum absolute atomic E-state index is 15.3. The highest BCUT2D eigenvalue weighted by Crippen LogP contribution is 2.34. The summed E-state index contributed by atoms with van der Waals surface area (Å²) >= 11 is 6.06. The zero-order chi connectivity index (χ0) is 26.4. The maximum atomic E-state index is 15.3. The lowest BCUT2D eigenvalue weighted by molar-refractivity contribution is 0.0395. The van der Waals surface area contributed by atoms with Gasteiger partial charge in [-0.25, -0.2) is 14.4 Å². The number of aryl methyl sites for hydroxylation is 2. The van der Waals surface area contributed by atoms with Gasteiger partial charge in [0.2, 0.25) is 0 Å². The molecule has 3 aromatic heterocycles. The van der Waals surface area contributed by atoms with Gasteiger partial charge in [0, 0.05) is 54.6 Å². The van der Waals surface area contributed by atoms with Gasteiger partial charge in [-0.1, -0.05) is 30.9 Å². The van der Waals surface area contributed by atoms with Gasteiger partial charge in [-0.05, 0) is 38.0 Å². The molecule has 8 nitrogen and oxygen atoms in total. The molecule has 6 rings (SSSR count). The summed E-state index contributed by atoms with van der Waals surface area (Å²) < 4.78 is 24.9. The number of ether oxygens (including phenoxy) is 1. The number of nitrogens with zero attached hydrogens (tertiary/aromatic N) is 6. The summed E-state index contributed by atoms with van der Waals surface area (Å²) in [5.74, 6) is 0.771. The van der Waals surface area contributed by atoms with Gasteiger partial charge in [0.1, 0.15) is 23.6 Å². The van der Waals surface area contributed by atoms with E-state index in [1.165, 1.54) is 12.5 Å². The Bertz CT molecular complexity index is 1560. The first-order chi connectivity index (χ1) is 18.4. The lowest BCUT2D eigenvalue weighted by Crippen LogP contribution is -2.39. The second-order valence-electron chi connectivity index (χ2n) is 10.2. The smallest absolute Gasteiger partial charge is 0.263 e. The average Bonchev–Trinajstić information content (AvgIpc) is 3.35. The molecule has 1 aliphatic heterocycles. The number of pyridine rings is 1. The fourth-order valence-electron chi connectivity index (χ4n) is 5.79. The fourth-order valence-corrected chi connectivity index (χ4v) is 5.95. The summed E-state index contributed by atoms with van der Waals surface area (Å²) in [6, 6.07) is 6.40. The topological polar surface area (TPSA) is 78.1 Å². The Labute approximate surface area is 225 Å². The molecule has 0 spiro atoms. The molecule has 10 heteroatoms. The number of morpholine rings is 1. The highest BCUT2D eigenvalue weighted by molar-refractivity contribution is 6.30. The minimum absolute atomic E-state index is 0.0928. The lowest BCUT2D eigenvalue weighted by Gasteiger charge is -2.33. The van der Waals surface area contributed by atoms with Crippen LogP contribution in [-0.2, 0) is 11.8 Å². The minimum atomic E-state index is -0.525. The summed E-state index contributed by atoms with van der Waals surface area (Å²) in [5, 5.41) is 4.89. The normalized spacial score (nSPS) is 18.8. The lowest BCUT2D eigenvalue weighted by atomic mass is 9.95. The van der Waals surface area contributed by atoms with Crippen LogP contribution in [0.2, 0.25) is 5.02 Å². The first-order valence-electron chi connectivity index (χ1n) is 13.1. The van der Waals surface area contributed by atoms with E-state index in [1.807, 2.05) is 26.2 Å². The number of benzene rings is 1. The zero-order valence-electron chi connectivity index (χ0n) is 21.5. The molecule has 2 aliphatic rings. The Hall–Kier alpha value is -3.30. The van der Waals surface area contributed by atoms with Crippen molar-refractivity contribution in [1.29, 1.82) is 0 Å². The molecule has 4 aromatic rings. The molecule has 1 saturated heterocycles. The van der Waals surface area contributed by atoms with Gasteiger partial charge in [0.05, 0.1) is 29.4 Å². The van der Waals surface area contributed by atoms with Gasteiger partial charge >= 0.3 is 0 Å². The van der Waals surface area contributed by atoms with Crippen molar-refractivity contribution in [3.63, 3.8) is 0 Å². The quantitative estimate of drug-likeness (QED) is 0.349. The molecule has 198 valence electrons. The van der Waals surface area contributed by atoms with E-state index in [-0.39, 0.29) is 34.0 Å². The summed E-state index contributed by atoms with van der Waals surface area (Å²) in [6.45, 7) is 3.53. The average molecular weight is 537 g/mol. The zero-order valence-corrected chi connectivity index (χ0v) is 22.3. The van der Waals surface area contributed by atoms with Crippen LogP contribution in [0.4, 0.5) is 10.2 Å². The Balaban J connectivity index is 1.51. The van der Waals surface area contributed by atoms with Crippen LogP contribution in [0.5, 0.6) is 0 Å². The molecule has 0 unspecified atom stereocenters. The van der Waals surface area contributed by atoms with E-state index < -0.39 is 5.82 Å². The van der Waals surface area contributed by atoms with Gasteiger partial charge in [0.25, 0.3) is 5.56 Å². The monoisotopic (exact) mass is 536 g/mol. The molecular weight excluding hydrogens is 507 g/mol. The SMILES string of the molecule is Cc1nc2cc(N3CCO[C@H](c4cnn(C)c4)C3)nc(-c3ccc(Cl)cc3F)c2c(=O)n1C1CCCCC1. The molecular formula is C28H30ClFN6O2. The van der Waals surface area contributed by atoms with Gasteiger partial charge in [-0.15, -0.1) is 0 Å². The third kappa shape index (κ3) is 4.58. The van der Waals surface area contributed by atoms with Crippen molar-refractivity contribution in [2.45, 2.75) is 51.2 Å². The van der Waals surface area contributed by atoms with Crippen molar-refractivity contribution in [1.82, 2.24) is 24.3 Å². The van der Waals surface area contributed by atoms with Gasteiger partial charge < -0.3 is 9.64 Å². The van der Waals surface area contributed by atoms with Crippen LogP contribution in [0.3, 0.4) is 0 Å². The van der Waals surface area contributed by atoms with Gasteiger partial charge in [0.15, 0.2) is 0 Å². The van der Waals surface area contributed by atoms with Crippen molar-refractivity contribution in [2.75, 3.05) is 24.6 Å². The van der Waals surface area contributed by atoms with E-state index in [4.69, 9.17) is 26.3 Å². The number of aromatic nitrogens is 5. The standard InChI is InChI=1S/C28H30ClFN6O2/c1-17-32-23-13-25(35-10-11-38-24(16-35)18-14-31-34(2)15-18)33-27(21-9-8-19(29)12-22(21)30)26(23)28(37)36(17)20-6-4-3-5-7-20/h8-9,12-15,20,24H,3-7,10-11,16H2,1-2H3/t24-/m0/s1. The molecule has 1 aliphatic carbocycles. The van der Waals surface area contributed by atoms with E-state index in [1.54, 1.807) is 27.6 Å². The van der Waals surface area contributed by atoms with E-state index >= 15 is 4.39 Å². The largest absolute Gasteiger partial charge is 0.370 e.